The fourth-order valence-electron chi connectivity index (χ4n) is 2.23. The zero-order chi connectivity index (χ0) is 17.9. The zero-order valence-electron chi connectivity index (χ0n) is 13.7. The van der Waals surface area contributed by atoms with Crippen LogP contribution in [0, 0.1) is 13.8 Å². The molecular weight excluding hydrogens is 348 g/mol. The summed E-state index contributed by atoms with van der Waals surface area (Å²) in [4.78, 5) is 12.3. The summed E-state index contributed by atoms with van der Waals surface area (Å²) in [5, 5.41) is 3.20. The number of nitrogens with one attached hydrogen (secondary N) is 1. The van der Waals surface area contributed by atoms with Gasteiger partial charge in [-0.15, -0.1) is 0 Å². The second-order valence-corrected chi connectivity index (χ2v) is 7.96. The molecule has 0 aromatic heterocycles. The zero-order valence-corrected chi connectivity index (χ0v) is 15.3. The number of hydrogen-bond acceptors (Lipinski definition) is 3. The van der Waals surface area contributed by atoms with Crippen molar-refractivity contribution < 1.29 is 13.2 Å². The maximum Gasteiger partial charge on any atom is 0.245 e. The van der Waals surface area contributed by atoms with E-state index in [1.807, 2.05) is 19.9 Å². The molecule has 0 heterocycles. The van der Waals surface area contributed by atoms with Crippen LogP contribution in [0.2, 0.25) is 5.02 Å². The summed E-state index contributed by atoms with van der Waals surface area (Å²) < 4.78 is 25.2. The lowest BCUT2D eigenvalue weighted by Gasteiger charge is -2.22. The molecule has 1 amide bonds. The average molecular weight is 367 g/mol. The Morgan fingerprint density at radius 2 is 1.88 bits per heavy atom. The van der Waals surface area contributed by atoms with Crippen LogP contribution in [-0.4, -0.2) is 27.1 Å². The molecule has 0 fully saturated rings. The van der Waals surface area contributed by atoms with Crippen LogP contribution in [0.15, 0.2) is 42.5 Å². The van der Waals surface area contributed by atoms with Crippen molar-refractivity contribution in [1.29, 1.82) is 0 Å². The summed E-state index contributed by atoms with van der Waals surface area (Å²) in [6.07, 6.45) is 1.08. The van der Waals surface area contributed by atoms with Gasteiger partial charge in [0, 0.05) is 10.7 Å². The highest BCUT2D eigenvalue weighted by atomic mass is 35.5. The molecule has 128 valence electrons. The second-order valence-electron chi connectivity index (χ2n) is 5.62. The van der Waals surface area contributed by atoms with Crippen LogP contribution in [0.4, 0.5) is 11.4 Å². The number of sulfonamides is 1. The molecule has 0 unspecified atom stereocenters. The summed E-state index contributed by atoms with van der Waals surface area (Å²) in [5.74, 6) is -0.438. The quantitative estimate of drug-likeness (QED) is 0.882. The van der Waals surface area contributed by atoms with Gasteiger partial charge in [-0.3, -0.25) is 9.10 Å². The maximum atomic E-state index is 12.3. The molecule has 0 saturated heterocycles. The molecule has 0 aliphatic rings. The monoisotopic (exact) mass is 366 g/mol. The van der Waals surface area contributed by atoms with E-state index < -0.39 is 15.9 Å². The van der Waals surface area contributed by atoms with Gasteiger partial charge in [0.1, 0.15) is 6.54 Å². The molecule has 0 saturated carbocycles. The predicted octanol–water partition coefficient (Wildman–Crippen LogP) is 3.36. The number of carbonyl (C=O) groups is 1. The number of carbonyl (C=O) groups excluding carboxylic acids is 1. The van der Waals surface area contributed by atoms with Crippen molar-refractivity contribution in [2.75, 3.05) is 22.4 Å². The lowest BCUT2D eigenvalue weighted by atomic mass is 10.2. The lowest BCUT2D eigenvalue weighted by Crippen LogP contribution is -2.37. The molecule has 1 N–H and O–H groups in total. The van der Waals surface area contributed by atoms with Crippen LogP contribution < -0.4 is 9.62 Å². The lowest BCUT2D eigenvalue weighted by molar-refractivity contribution is -0.114. The Balaban J connectivity index is 2.24. The number of rotatable bonds is 5. The average Bonchev–Trinajstić information content (AvgIpc) is 2.47. The summed E-state index contributed by atoms with van der Waals surface area (Å²) >= 11 is 5.93. The fourth-order valence-corrected chi connectivity index (χ4v) is 3.25. The fraction of sp³-hybridized carbons (Fsp3) is 0.235. The Hall–Kier alpha value is -2.05. The van der Waals surface area contributed by atoms with Crippen LogP contribution >= 0.6 is 11.6 Å². The highest BCUT2D eigenvalue weighted by Crippen LogP contribution is 2.22. The molecule has 0 radical (unpaired) electrons. The number of aryl methyl sites for hydroxylation is 2. The maximum absolute atomic E-state index is 12.3. The first-order chi connectivity index (χ1) is 11.2. The van der Waals surface area contributed by atoms with Gasteiger partial charge in [-0.05, 0) is 49.2 Å². The largest absolute Gasteiger partial charge is 0.324 e. The minimum Gasteiger partial charge on any atom is -0.324 e. The van der Waals surface area contributed by atoms with Gasteiger partial charge in [0.25, 0.3) is 0 Å². The molecule has 0 bridgehead atoms. The third-order valence-corrected chi connectivity index (χ3v) is 4.83. The van der Waals surface area contributed by atoms with Gasteiger partial charge >= 0.3 is 0 Å². The Kier molecular flexibility index (Phi) is 5.51. The highest BCUT2D eigenvalue weighted by Gasteiger charge is 2.21. The van der Waals surface area contributed by atoms with E-state index in [-0.39, 0.29) is 6.54 Å². The van der Waals surface area contributed by atoms with E-state index in [9.17, 15) is 13.2 Å². The number of benzene rings is 2. The Labute approximate surface area is 147 Å². The number of nitrogens with zero attached hydrogens (tertiary/aromatic N) is 1. The second kappa shape index (κ2) is 7.23. The Morgan fingerprint density at radius 1 is 1.17 bits per heavy atom. The normalized spacial score (nSPS) is 11.2. The van der Waals surface area contributed by atoms with E-state index in [0.717, 1.165) is 21.7 Å². The molecule has 5 nitrogen and oxygen atoms in total. The summed E-state index contributed by atoms with van der Waals surface area (Å²) in [5.41, 5.74) is 2.77. The highest BCUT2D eigenvalue weighted by molar-refractivity contribution is 7.92. The molecule has 0 aliphatic carbocycles. The minimum atomic E-state index is -3.59. The predicted molar refractivity (Wildman–Crippen MR) is 98.2 cm³/mol. The smallest absolute Gasteiger partial charge is 0.245 e. The molecule has 0 atom stereocenters. The number of anilines is 2. The third-order valence-electron chi connectivity index (χ3n) is 3.45. The van der Waals surface area contributed by atoms with Gasteiger partial charge in [-0.2, -0.15) is 0 Å². The summed E-state index contributed by atoms with van der Waals surface area (Å²) in [7, 11) is -3.59. The van der Waals surface area contributed by atoms with E-state index in [4.69, 9.17) is 11.6 Å². The molecule has 2 rings (SSSR count). The van der Waals surface area contributed by atoms with Crippen LogP contribution in [0.25, 0.3) is 0 Å². The van der Waals surface area contributed by atoms with Crippen LogP contribution in [0.1, 0.15) is 11.1 Å². The van der Waals surface area contributed by atoms with Gasteiger partial charge in [-0.1, -0.05) is 29.8 Å². The van der Waals surface area contributed by atoms with Crippen molar-refractivity contribution in [3.05, 3.63) is 58.6 Å². The third kappa shape index (κ3) is 4.72. The van der Waals surface area contributed by atoms with E-state index >= 15 is 0 Å². The van der Waals surface area contributed by atoms with E-state index in [0.29, 0.717) is 16.4 Å². The molecular formula is C17H19ClN2O3S. The van der Waals surface area contributed by atoms with Gasteiger partial charge in [0.15, 0.2) is 0 Å². The number of hydrogen-bond donors (Lipinski definition) is 1. The molecule has 7 heteroatoms. The topological polar surface area (TPSA) is 66.5 Å². The van der Waals surface area contributed by atoms with Gasteiger partial charge in [0.05, 0.1) is 11.9 Å². The van der Waals surface area contributed by atoms with Crippen molar-refractivity contribution in [2.24, 2.45) is 0 Å². The van der Waals surface area contributed by atoms with Crippen LogP contribution in [0.5, 0.6) is 0 Å². The molecule has 0 spiro atoms. The number of amides is 1. The van der Waals surface area contributed by atoms with Crippen LogP contribution in [0.3, 0.4) is 0 Å². The van der Waals surface area contributed by atoms with E-state index in [1.54, 1.807) is 36.4 Å². The van der Waals surface area contributed by atoms with Gasteiger partial charge < -0.3 is 5.32 Å². The van der Waals surface area contributed by atoms with Crippen molar-refractivity contribution >= 4 is 38.9 Å². The first-order valence-electron chi connectivity index (χ1n) is 7.27. The molecule has 0 aliphatic heterocycles. The first-order valence-corrected chi connectivity index (χ1v) is 9.50. The summed E-state index contributed by atoms with van der Waals surface area (Å²) in [6.45, 7) is 3.38. The van der Waals surface area contributed by atoms with Crippen LogP contribution in [-0.2, 0) is 14.8 Å². The van der Waals surface area contributed by atoms with Crippen molar-refractivity contribution in [3.63, 3.8) is 0 Å². The Bertz CT molecular complexity index is 866. The van der Waals surface area contributed by atoms with Crippen molar-refractivity contribution in [3.8, 4) is 0 Å². The standard InChI is InChI=1S/C17H19ClN2O3S/c1-12-5-4-6-15(9-12)20(24(3,22)23)11-17(21)19-16-10-14(18)8-7-13(16)2/h4-10H,11H2,1-3H3,(H,19,21). The van der Waals surface area contributed by atoms with E-state index in [1.165, 1.54) is 0 Å². The minimum absolute atomic E-state index is 0.311. The van der Waals surface area contributed by atoms with Gasteiger partial charge in [-0.25, -0.2) is 8.42 Å². The first kappa shape index (κ1) is 18.3. The molecule has 2 aromatic rings. The molecule has 2 aromatic carbocycles. The van der Waals surface area contributed by atoms with Crippen molar-refractivity contribution in [2.45, 2.75) is 13.8 Å². The Morgan fingerprint density at radius 3 is 2.50 bits per heavy atom. The van der Waals surface area contributed by atoms with Crippen molar-refractivity contribution in [1.82, 2.24) is 0 Å². The molecule has 24 heavy (non-hydrogen) atoms. The van der Waals surface area contributed by atoms with E-state index in [2.05, 4.69) is 5.32 Å². The van der Waals surface area contributed by atoms with Gasteiger partial charge in [0.2, 0.25) is 15.9 Å². The SMILES string of the molecule is Cc1cccc(N(CC(=O)Nc2cc(Cl)ccc2C)S(C)(=O)=O)c1. The summed E-state index contributed by atoms with van der Waals surface area (Å²) in [6, 6.07) is 12.1. The number of halogens is 1.